The van der Waals surface area contributed by atoms with Gasteiger partial charge in [-0.1, -0.05) is 36.4 Å². The van der Waals surface area contributed by atoms with Gasteiger partial charge in [0.1, 0.15) is 0 Å². The van der Waals surface area contributed by atoms with Crippen molar-refractivity contribution < 1.29 is 26.2 Å². The van der Waals surface area contributed by atoms with E-state index in [4.69, 9.17) is 10.1 Å². The van der Waals surface area contributed by atoms with Gasteiger partial charge in [0.05, 0.1) is 11.0 Å². The number of hydrogen-bond acceptors (Lipinski definition) is 3. The summed E-state index contributed by atoms with van der Waals surface area (Å²) < 4.78 is 0. The van der Waals surface area contributed by atoms with Crippen LogP contribution in [0, 0.1) is 0 Å². The number of pyridine rings is 2. The number of benzene rings is 2. The Morgan fingerprint density at radius 2 is 1.58 bits per heavy atom. The molecule has 4 aromatic rings. The molecule has 0 fully saturated rings. The predicted octanol–water partition coefficient (Wildman–Crippen LogP) is 3.80. The third-order valence-corrected chi connectivity index (χ3v) is 4.00. The number of nitrogens with zero attached hydrogens (tertiary/aromatic N) is 3. The van der Waals surface area contributed by atoms with Crippen LogP contribution >= 0.6 is 0 Å². The molecule has 124 valence electrons. The second-order valence-corrected chi connectivity index (χ2v) is 5.51. The van der Waals surface area contributed by atoms with Crippen LogP contribution in [-0.4, -0.2) is 28.2 Å². The number of hydrogen-bond donors (Lipinski definition) is 1. The van der Waals surface area contributed by atoms with E-state index in [0.717, 1.165) is 38.3 Å². The van der Waals surface area contributed by atoms with Crippen molar-refractivity contribution in [2.24, 2.45) is 0 Å². The molecule has 0 aliphatic rings. The molecular formula is C19H16N3OPt-. The minimum Gasteiger partial charge on any atom is -0.655 e. The molecule has 2 aromatic heterocycles. The Hall–Kier alpha value is -1.87. The normalized spacial score (nSPS) is 11.0. The molecule has 4 rings (SSSR count). The number of aliphatic hydroxyl groups is 1. The molecule has 0 unspecified atom stereocenters. The maximum atomic E-state index is 8.85. The quantitative estimate of drug-likeness (QED) is 0.345. The summed E-state index contributed by atoms with van der Waals surface area (Å²) in [5.74, 6) is 0. The van der Waals surface area contributed by atoms with Crippen LogP contribution in [0.3, 0.4) is 0 Å². The SMILES string of the molecule is OCC[N-]Cc1ccc2ccc3ccc4cccnc4c3c2n1.[Pt]. The van der Waals surface area contributed by atoms with Crippen LogP contribution in [0.5, 0.6) is 0 Å². The van der Waals surface area contributed by atoms with E-state index in [-0.39, 0.29) is 27.7 Å². The smallest absolute Gasteiger partial charge is 0.0804 e. The number of aliphatic hydroxyl groups excluding tert-OH is 1. The summed E-state index contributed by atoms with van der Waals surface area (Å²) in [6.45, 7) is 1.04. The Morgan fingerprint density at radius 1 is 0.875 bits per heavy atom. The van der Waals surface area contributed by atoms with Gasteiger partial charge in [0.25, 0.3) is 0 Å². The Labute approximate surface area is 154 Å². The Morgan fingerprint density at radius 3 is 2.38 bits per heavy atom. The molecule has 0 saturated carbocycles. The van der Waals surface area contributed by atoms with Crippen molar-refractivity contribution in [2.75, 3.05) is 13.2 Å². The van der Waals surface area contributed by atoms with Crippen molar-refractivity contribution in [3.63, 3.8) is 0 Å². The maximum absolute atomic E-state index is 8.85. The van der Waals surface area contributed by atoms with Crippen LogP contribution in [0.15, 0.2) is 54.7 Å². The van der Waals surface area contributed by atoms with Crippen LogP contribution < -0.4 is 0 Å². The minimum absolute atomic E-state index is 0. The van der Waals surface area contributed by atoms with Crippen molar-refractivity contribution in [2.45, 2.75) is 6.54 Å². The first kappa shape index (κ1) is 17.0. The summed E-state index contributed by atoms with van der Waals surface area (Å²) >= 11 is 0. The van der Waals surface area contributed by atoms with E-state index < -0.39 is 0 Å². The van der Waals surface area contributed by atoms with E-state index in [2.05, 4.69) is 46.7 Å². The van der Waals surface area contributed by atoms with Gasteiger partial charge in [0, 0.05) is 55.7 Å². The fourth-order valence-corrected chi connectivity index (χ4v) is 2.93. The molecule has 2 heterocycles. The van der Waals surface area contributed by atoms with E-state index in [1.54, 1.807) is 0 Å². The molecule has 4 nitrogen and oxygen atoms in total. The Bertz CT molecular complexity index is 998. The standard InChI is InChI=1S/C19H16N3O.Pt/c23-11-10-20-12-16-8-7-15-6-4-13-3-5-14-2-1-9-21-18(14)17(13)19(15)22-16;/h1-9,23H,10-12H2;/q-1;. The second kappa shape index (κ2) is 7.35. The second-order valence-electron chi connectivity index (χ2n) is 5.51. The van der Waals surface area contributed by atoms with Gasteiger partial charge in [-0.05, 0) is 17.5 Å². The van der Waals surface area contributed by atoms with Gasteiger partial charge in [-0.25, -0.2) is 0 Å². The zero-order chi connectivity index (χ0) is 15.6. The number of fused-ring (bicyclic) bond motifs is 5. The molecular weight excluding hydrogens is 481 g/mol. The first-order valence-electron chi connectivity index (χ1n) is 7.67. The van der Waals surface area contributed by atoms with Crippen LogP contribution in [0.2, 0.25) is 0 Å². The van der Waals surface area contributed by atoms with Gasteiger partial charge in [0.2, 0.25) is 0 Å². The fourth-order valence-electron chi connectivity index (χ4n) is 2.93. The monoisotopic (exact) mass is 497 g/mol. The molecule has 1 N–H and O–H groups in total. The third-order valence-electron chi connectivity index (χ3n) is 4.00. The molecule has 0 aliphatic carbocycles. The van der Waals surface area contributed by atoms with Gasteiger partial charge in [0.15, 0.2) is 0 Å². The summed E-state index contributed by atoms with van der Waals surface area (Å²) in [7, 11) is 0. The van der Waals surface area contributed by atoms with Crippen LogP contribution in [-0.2, 0) is 27.6 Å². The molecule has 0 atom stereocenters. The van der Waals surface area contributed by atoms with Gasteiger partial charge in [-0.2, -0.15) is 0 Å². The van der Waals surface area contributed by atoms with Crippen LogP contribution in [0.25, 0.3) is 37.9 Å². The van der Waals surface area contributed by atoms with Gasteiger partial charge < -0.3 is 10.4 Å². The van der Waals surface area contributed by atoms with Crippen molar-refractivity contribution in [1.82, 2.24) is 9.97 Å². The summed E-state index contributed by atoms with van der Waals surface area (Å²) in [4.78, 5) is 9.38. The average Bonchev–Trinajstić information content (AvgIpc) is 2.61. The van der Waals surface area contributed by atoms with Crippen molar-refractivity contribution in [3.8, 4) is 0 Å². The molecule has 0 spiro atoms. The van der Waals surface area contributed by atoms with Gasteiger partial charge in [-0.3, -0.25) is 9.97 Å². The molecule has 0 aliphatic heterocycles. The van der Waals surface area contributed by atoms with Crippen LogP contribution in [0.4, 0.5) is 0 Å². The molecule has 2 aromatic carbocycles. The van der Waals surface area contributed by atoms with E-state index in [0.29, 0.717) is 13.1 Å². The molecule has 0 bridgehead atoms. The first-order chi connectivity index (χ1) is 11.4. The van der Waals surface area contributed by atoms with Crippen LogP contribution in [0.1, 0.15) is 5.69 Å². The maximum Gasteiger partial charge on any atom is 0.0804 e. The third kappa shape index (κ3) is 3.05. The average molecular weight is 497 g/mol. The summed E-state index contributed by atoms with van der Waals surface area (Å²) in [5.41, 5.74) is 2.85. The minimum atomic E-state index is 0. The zero-order valence-corrected chi connectivity index (χ0v) is 15.2. The summed E-state index contributed by atoms with van der Waals surface area (Å²) in [6.07, 6.45) is 1.82. The van der Waals surface area contributed by atoms with Crippen molar-refractivity contribution in [3.05, 3.63) is 65.7 Å². The van der Waals surface area contributed by atoms with Gasteiger partial charge in [-0.15, -0.1) is 13.1 Å². The van der Waals surface area contributed by atoms with E-state index in [1.165, 1.54) is 0 Å². The molecule has 5 heteroatoms. The summed E-state index contributed by atoms with van der Waals surface area (Å²) in [5, 5.41) is 17.6. The molecule has 0 radical (unpaired) electrons. The summed E-state index contributed by atoms with van der Waals surface area (Å²) in [6, 6.07) is 16.5. The van der Waals surface area contributed by atoms with E-state index in [1.807, 2.05) is 18.3 Å². The fraction of sp³-hybridized carbons (Fsp3) is 0.158. The number of rotatable bonds is 4. The van der Waals surface area contributed by atoms with Crippen molar-refractivity contribution in [1.29, 1.82) is 0 Å². The zero-order valence-electron chi connectivity index (χ0n) is 12.9. The van der Waals surface area contributed by atoms with E-state index in [9.17, 15) is 0 Å². The topological polar surface area (TPSA) is 60.1 Å². The molecule has 0 saturated heterocycles. The molecule has 0 amide bonds. The Kier molecular flexibility index (Phi) is 5.20. The first-order valence-corrected chi connectivity index (χ1v) is 7.67. The predicted molar refractivity (Wildman–Crippen MR) is 93.6 cm³/mol. The van der Waals surface area contributed by atoms with E-state index >= 15 is 0 Å². The van der Waals surface area contributed by atoms with Crippen molar-refractivity contribution >= 4 is 32.6 Å². The number of aromatic nitrogens is 2. The van der Waals surface area contributed by atoms with Gasteiger partial charge >= 0.3 is 0 Å². The largest absolute Gasteiger partial charge is 0.655 e. The molecule has 24 heavy (non-hydrogen) atoms. The Balaban J connectivity index is 0.00000169.